The van der Waals surface area contributed by atoms with E-state index in [2.05, 4.69) is 4.84 Å². The van der Waals surface area contributed by atoms with Gasteiger partial charge in [-0.2, -0.15) is 0 Å². The van der Waals surface area contributed by atoms with Crippen molar-refractivity contribution in [2.24, 2.45) is 11.8 Å². The van der Waals surface area contributed by atoms with Crippen LogP contribution in [0.15, 0.2) is 35.1 Å². The van der Waals surface area contributed by atoms with Gasteiger partial charge < -0.3 is 30.4 Å². The molecular weight excluding hydrogens is 578 g/mol. The van der Waals surface area contributed by atoms with Gasteiger partial charge >= 0.3 is 0 Å². The molecule has 1 heterocycles. The van der Waals surface area contributed by atoms with Gasteiger partial charge in [-0.15, -0.1) is 10.1 Å². The number of ketones is 3. The maximum absolute atomic E-state index is 14.2. The highest BCUT2D eigenvalue weighted by molar-refractivity contribution is 6.25. The molecule has 1 saturated carbocycles. The first-order valence-corrected chi connectivity index (χ1v) is 14.6. The number of piperidine rings is 1. The van der Waals surface area contributed by atoms with E-state index in [1.165, 1.54) is 25.1 Å². The molecule has 0 aromatic heterocycles. The molecule has 14 heteroatoms. The molecule has 1 saturated heterocycles. The van der Waals surface area contributed by atoms with Crippen LogP contribution >= 0.6 is 0 Å². The van der Waals surface area contributed by atoms with Crippen LogP contribution in [-0.2, 0) is 19.2 Å². The van der Waals surface area contributed by atoms with Gasteiger partial charge in [0.05, 0.1) is 23.6 Å². The van der Waals surface area contributed by atoms with Gasteiger partial charge in [0.25, 0.3) is 5.09 Å². The van der Waals surface area contributed by atoms with Crippen LogP contribution in [0, 0.1) is 22.0 Å². The monoisotopic (exact) mass is 615 g/mol. The maximum atomic E-state index is 14.2. The standard InChI is InChI=1S/C30H37N3O11/c1-14-16-8-6-9-17(34)20(16)25(36)22-19(14)26(37)23-24(31(2)3)27(38)21(28(39)30(23,41)29(22)40)18(35)10-12-32-11-5-4-7-15(32)13-44-33(42)43/h6,8-9,14-15,19,23-24,26,34,36-37,39,41H,4-5,7,10-13H2,1-3H3/t14-,15?,19+,23+,24-,26-,30+/m0/s1. The summed E-state index contributed by atoms with van der Waals surface area (Å²) >= 11 is 0. The molecule has 0 spiro atoms. The van der Waals surface area contributed by atoms with E-state index in [4.69, 9.17) is 0 Å². The minimum absolute atomic E-state index is 0.0400. The lowest BCUT2D eigenvalue weighted by molar-refractivity contribution is -0.758. The summed E-state index contributed by atoms with van der Waals surface area (Å²) < 4.78 is 0. The van der Waals surface area contributed by atoms with Crippen LogP contribution in [0.2, 0.25) is 0 Å². The second-order valence-electron chi connectivity index (χ2n) is 12.3. The molecule has 1 aromatic rings. The van der Waals surface area contributed by atoms with Crippen LogP contribution in [0.25, 0.3) is 5.76 Å². The molecule has 0 radical (unpaired) electrons. The highest BCUT2D eigenvalue weighted by Gasteiger charge is 2.68. The Morgan fingerprint density at radius 1 is 1.20 bits per heavy atom. The summed E-state index contributed by atoms with van der Waals surface area (Å²) in [6, 6.07) is 2.76. The zero-order valence-corrected chi connectivity index (χ0v) is 24.7. The molecule has 44 heavy (non-hydrogen) atoms. The Morgan fingerprint density at radius 2 is 1.91 bits per heavy atom. The van der Waals surface area contributed by atoms with E-state index in [0.29, 0.717) is 18.5 Å². The van der Waals surface area contributed by atoms with Crippen molar-refractivity contribution < 1.29 is 49.8 Å². The number of carbonyl (C=O) groups excluding carboxylic acids is 3. The number of aliphatic hydroxyl groups is 4. The molecule has 5 rings (SSSR count). The van der Waals surface area contributed by atoms with Gasteiger partial charge in [-0.05, 0) is 51.0 Å². The lowest BCUT2D eigenvalue weighted by Crippen LogP contribution is -2.70. The lowest BCUT2D eigenvalue weighted by atomic mass is 9.54. The third kappa shape index (κ3) is 4.76. The Morgan fingerprint density at radius 3 is 2.57 bits per heavy atom. The van der Waals surface area contributed by atoms with E-state index in [1.807, 2.05) is 4.90 Å². The molecule has 1 unspecified atom stereocenters. The topological polar surface area (TPSA) is 211 Å². The maximum Gasteiger partial charge on any atom is 0.294 e. The average molecular weight is 616 g/mol. The van der Waals surface area contributed by atoms with Crippen molar-refractivity contribution in [1.29, 1.82) is 0 Å². The fourth-order valence-electron chi connectivity index (χ4n) is 7.67. The molecule has 3 aliphatic carbocycles. The van der Waals surface area contributed by atoms with Gasteiger partial charge in [0.15, 0.2) is 17.2 Å². The fraction of sp³-hybridized carbons (Fsp3) is 0.567. The summed E-state index contributed by atoms with van der Waals surface area (Å²) in [5.41, 5.74) is -3.72. The molecule has 0 bridgehead atoms. The summed E-state index contributed by atoms with van der Waals surface area (Å²) in [6.07, 6.45) is 0.249. The van der Waals surface area contributed by atoms with E-state index in [9.17, 15) is 50.0 Å². The number of likely N-dealkylation sites (N-methyl/N-ethyl adjacent to an activating group) is 1. The van der Waals surface area contributed by atoms with E-state index >= 15 is 0 Å². The molecular formula is C30H37N3O11. The first-order valence-electron chi connectivity index (χ1n) is 14.6. The van der Waals surface area contributed by atoms with Crippen molar-refractivity contribution in [3.63, 3.8) is 0 Å². The number of benzene rings is 1. The summed E-state index contributed by atoms with van der Waals surface area (Å²) in [5, 5.41) is 66.8. The second-order valence-corrected chi connectivity index (χ2v) is 12.3. The van der Waals surface area contributed by atoms with Gasteiger partial charge in [-0.25, -0.2) is 0 Å². The summed E-state index contributed by atoms with van der Waals surface area (Å²) in [6.45, 7) is 2.08. The number of rotatable bonds is 8. The molecule has 14 nitrogen and oxygen atoms in total. The Balaban J connectivity index is 1.55. The summed E-state index contributed by atoms with van der Waals surface area (Å²) in [7, 11) is 2.97. The van der Waals surface area contributed by atoms with Crippen molar-refractivity contribution in [3.05, 3.63) is 56.3 Å². The van der Waals surface area contributed by atoms with Crippen LogP contribution in [-0.4, -0.2) is 115 Å². The number of Topliss-reactive ketones (excluding diaryl/α,β-unsaturated/α-hetero) is 3. The Bertz CT molecular complexity index is 1470. The number of aliphatic hydroxyl groups excluding tert-OH is 3. The Kier molecular flexibility index (Phi) is 8.31. The molecule has 7 atom stereocenters. The van der Waals surface area contributed by atoms with Crippen LogP contribution in [0.3, 0.4) is 0 Å². The van der Waals surface area contributed by atoms with Gasteiger partial charge in [-0.1, -0.05) is 25.5 Å². The van der Waals surface area contributed by atoms with E-state index in [0.717, 1.165) is 12.8 Å². The summed E-state index contributed by atoms with van der Waals surface area (Å²) in [4.78, 5) is 60.1. The number of likely N-dealkylation sites (tertiary alicyclic amines) is 1. The van der Waals surface area contributed by atoms with Gasteiger partial charge in [-0.3, -0.25) is 24.2 Å². The average Bonchev–Trinajstić information content (AvgIpc) is 2.97. The number of carbonyl (C=O) groups is 3. The highest BCUT2D eigenvalue weighted by atomic mass is 16.9. The minimum atomic E-state index is -2.94. The van der Waals surface area contributed by atoms with Crippen LogP contribution < -0.4 is 0 Å². The largest absolute Gasteiger partial charge is 0.508 e. The van der Waals surface area contributed by atoms with E-state index < -0.39 is 80.6 Å². The summed E-state index contributed by atoms with van der Waals surface area (Å²) in [5.74, 6) is -8.42. The Labute approximate surface area is 252 Å². The van der Waals surface area contributed by atoms with Gasteiger partial charge in [0.2, 0.25) is 5.78 Å². The smallest absolute Gasteiger partial charge is 0.294 e. The third-order valence-electron chi connectivity index (χ3n) is 9.77. The number of aromatic hydroxyl groups is 1. The Hall–Kier alpha value is -3.85. The first kappa shape index (κ1) is 31.6. The quantitative estimate of drug-likeness (QED) is 0.157. The van der Waals surface area contributed by atoms with Gasteiger partial charge in [0.1, 0.15) is 29.4 Å². The van der Waals surface area contributed by atoms with Crippen molar-refractivity contribution in [2.75, 3.05) is 33.8 Å². The zero-order valence-electron chi connectivity index (χ0n) is 24.7. The van der Waals surface area contributed by atoms with E-state index in [1.54, 1.807) is 19.1 Å². The van der Waals surface area contributed by atoms with Crippen molar-refractivity contribution in [1.82, 2.24) is 9.80 Å². The molecule has 1 aromatic carbocycles. The first-order chi connectivity index (χ1) is 20.7. The number of hydrogen-bond donors (Lipinski definition) is 5. The third-order valence-corrected chi connectivity index (χ3v) is 9.77. The number of nitrogens with zero attached hydrogens (tertiary/aromatic N) is 3. The molecule has 4 aliphatic rings. The van der Waals surface area contributed by atoms with Crippen LogP contribution in [0.4, 0.5) is 0 Å². The number of phenols is 1. The van der Waals surface area contributed by atoms with Crippen molar-refractivity contribution >= 4 is 23.1 Å². The van der Waals surface area contributed by atoms with E-state index in [-0.39, 0.29) is 36.9 Å². The van der Waals surface area contributed by atoms with Gasteiger partial charge in [0, 0.05) is 30.5 Å². The minimum Gasteiger partial charge on any atom is -0.508 e. The number of hydrogen-bond acceptors (Lipinski definition) is 13. The number of fused-ring (bicyclic) bond motifs is 3. The molecule has 5 N–H and O–H groups in total. The normalized spacial score (nSPS) is 32.3. The van der Waals surface area contributed by atoms with Crippen molar-refractivity contribution in [3.8, 4) is 5.75 Å². The zero-order chi connectivity index (χ0) is 32.2. The molecule has 2 fully saturated rings. The van der Waals surface area contributed by atoms with Crippen LogP contribution in [0.1, 0.15) is 49.7 Å². The molecule has 238 valence electrons. The second kappa shape index (κ2) is 11.6. The van der Waals surface area contributed by atoms with Crippen molar-refractivity contribution in [2.45, 2.75) is 62.3 Å². The number of phenolic OH excluding ortho intramolecular Hbond substituents is 1. The predicted molar refractivity (Wildman–Crippen MR) is 153 cm³/mol. The van der Waals surface area contributed by atoms with Crippen LogP contribution in [0.5, 0.6) is 5.75 Å². The highest BCUT2D eigenvalue weighted by Crippen LogP contribution is 2.56. The molecule has 1 aliphatic heterocycles. The SMILES string of the molecule is C[C@H]1c2cccc(O)c2C(O)=C2C(=O)[C@]3(O)C(O)=C(C(=O)CCN4CCCCC4CO[N+](=O)[O-])C(=O)[C@@H](N(C)C)[C@@H]3[C@@H](O)[C@@H]21. The lowest BCUT2D eigenvalue weighted by Gasteiger charge is -2.53. The predicted octanol–water partition coefficient (Wildman–Crippen LogP) is 1.03. The fourth-order valence-corrected chi connectivity index (χ4v) is 7.67. The molecule has 0 amide bonds.